The number of amides is 3. The van der Waals surface area contributed by atoms with Crippen molar-refractivity contribution >= 4 is 29.8 Å². The van der Waals surface area contributed by atoms with Gasteiger partial charge in [-0.15, -0.1) is 0 Å². The van der Waals surface area contributed by atoms with Crippen LogP contribution in [0.4, 0.5) is 10.5 Å². The van der Waals surface area contributed by atoms with Crippen LogP contribution in [0.15, 0.2) is 41.0 Å². The van der Waals surface area contributed by atoms with E-state index in [1.165, 1.54) is 7.05 Å². The van der Waals surface area contributed by atoms with Crippen LogP contribution in [-0.4, -0.2) is 70.4 Å². The molecular formula is C32H42N4O7. The first kappa shape index (κ1) is 29.8. The Labute approximate surface area is 251 Å². The van der Waals surface area contributed by atoms with Crippen molar-refractivity contribution in [1.29, 1.82) is 0 Å². The molecule has 0 unspecified atom stereocenters. The zero-order chi connectivity index (χ0) is 30.6. The number of fused-ring (bicyclic) bond motifs is 5. The number of aliphatic hydroxyl groups is 3. The Bertz CT molecular complexity index is 1360. The number of benzene rings is 1. The topological polar surface area (TPSA) is 170 Å². The van der Waals surface area contributed by atoms with E-state index >= 15 is 0 Å². The molecule has 4 saturated carbocycles. The van der Waals surface area contributed by atoms with Crippen molar-refractivity contribution in [3.05, 3.63) is 41.5 Å². The molecule has 4 aliphatic carbocycles. The van der Waals surface area contributed by atoms with Crippen LogP contribution in [0.5, 0.6) is 0 Å². The van der Waals surface area contributed by atoms with Crippen LogP contribution in [0.25, 0.3) is 0 Å². The number of urea groups is 1. The number of carbonyl (C=O) groups is 3. The predicted molar refractivity (Wildman–Crippen MR) is 158 cm³/mol. The van der Waals surface area contributed by atoms with Crippen LogP contribution in [0.1, 0.15) is 75.1 Å². The van der Waals surface area contributed by atoms with E-state index in [-0.39, 0.29) is 42.8 Å². The molecule has 0 spiro atoms. The monoisotopic (exact) mass is 594 g/mol. The van der Waals surface area contributed by atoms with Crippen LogP contribution >= 0.6 is 0 Å². The Morgan fingerprint density at radius 3 is 2.47 bits per heavy atom. The van der Waals surface area contributed by atoms with Crippen molar-refractivity contribution in [1.82, 2.24) is 10.7 Å². The van der Waals surface area contributed by atoms with Gasteiger partial charge in [0.15, 0.2) is 0 Å². The van der Waals surface area contributed by atoms with Crippen molar-refractivity contribution in [2.24, 2.45) is 33.7 Å². The minimum Gasteiger partial charge on any atom is -0.458 e. The second-order valence-corrected chi connectivity index (χ2v) is 13.5. The normalized spacial score (nSPS) is 40.1. The number of nitrogens with zero attached hydrogens (tertiary/aromatic N) is 1. The lowest BCUT2D eigenvalue weighted by Gasteiger charge is -2.65. The number of hydrogen-bond acceptors (Lipinski definition) is 8. The lowest BCUT2D eigenvalue weighted by molar-refractivity contribution is -0.237. The van der Waals surface area contributed by atoms with Gasteiger partial charge in [0.05, 0.1) is 17.3 Å². The summed E-state index contributed by atoms with van der Waals surface area (Å²) in [6.07, 6.45) is 7.77. The summed E-state index contributed by atoms with van der Waals surface area (Å²) < 4.78 is 5.23. The van der Waals surface area contributed by atoms with Gasteiger partial charge in [0.1, 0.15) is 6.61 Å². The third kappa shape index (κ3) is 4.67. The van der Waals surface area contributed by atoms with Gasteiger partial charge in [0.2, 0.25) is 0 Å². The first-order valence-corrected chi connectivity index (χ1v) is 15.4. The lowest BCUT2D eigenvalue weighted by atomic mass is 9.41. The average Bonchev–Trinajstić information content (AvgIpc) is 3.52. The molecule has 0 radical (unpaired) electrons. The second kappa shape index (κ2) is 10.7. The van der Waals surface area contributed by atoms with E-state index in [0.29, 0.717) is 43.4 Å². The van der Waals surface area contributed by atoms with Gasteiger partial charge in [-0.05, 0) is 99.0 Å². The van der Waals surface area contributed by atoms with Gasteiger partial charge in [0, 0.05) is 47.8 Å². The van der Waals surface area contributed by atoms with Gasteiger partial charge in [0.25, 0.3) is 5.91 Å². The molecule has 11 heteroatoms. The van der Waals surface area contributed by atoms with E-state index in [9.17, 15) is 29.7 Å². The Morgan fingerprint density at radius 2 is 1.77 bits per heavy atom. The highest BCUT2D eigenvalue weighted by Crippen LogP contribution is 2.70. The van der Waals surface area contributed by atoms with Crippen LogP contribution in [0, 0.1) is 28.6 Å². The van der Waals surface area contributed by atoms with Gasteiger partial charge in [-0.1, -0.05) is 6.92 Å². The van der Waals surface area contributed by atoms with Gasteiger partial charge in [-0.2, -0.15) is 5.10 Å². The molecule has 43 heavy (non-hydrogen) atoms. The number of hydrazone groups is 1. The molecule has 0 aromatic heterocycles. The number of nitrogens with one attached hydrogen (secondary N) is 3. The van der Waals surface area contributed by atoms with E-state index in [1.807, 2.05) is 0 Å². The molecule has 6 N–H and O–H groups in total. The predicted octanol–water partition coefficient (Wildman–Crippen LogP) is 2.87. The molecule has 1 aromatic rings. The van der Waals surface area contributed by atoms with E-state index in [2.05, 4.69) is 28.1 Å². The fourth-order valence-electron chi connectivity index (χ4n) is 9.53. The van der Waals surface area contributed by atoms with E-state index in [0.717, 1.165) is 24.8 Å². The van der Waals surface area contributed by atoms with Crippen molar-refractivity contribution in [2.45, 2.75) is 82.0 Å². The maximum absolute atomic E-state index is 13.0. The molecular weight excluding hydrogens is 552 g/mol. The molecule has 1 heterocycles. The second-order valence-electron chi connectivity index (χ2n) is 13.5. The summed E-state index contributed by atoms with van der Waals surface area (Å²) >= 11 is 0. The molecule has 0 saturated heterocycles. The van der Waals surface area contributed by atoms with Gasteiger partial charge < -0.3 is 30.7 Å². The van der Waals surface area contributed by atoms with Crippen molar-refractivity contribution in [3.63, 3.8) is 0 Å². The molecule has 11 nitrogen and oxygen atoms in total. The lowest BCUT2D eigenvalue weighted by Crippen LogP contribution is -2.68. The largest absolute Gasteiger partial charge is 0.458 e. The summed E-state index contributed by atoms with van der Waals surface area (Å²) in [4.78, 5) is 36.4. The third-order valence-electron chi connectivity index (χ3n) is 11.7. The average molecular weight is 595 g/mol. The number of carbonyl (C=O) groups excluding carboxylic acids is 3. The number of aliphatic hydroxyl groups excluding tert-OH is 1. The Hall–Kier alpha value is -3.28. The number of cyclic esters (lactones) is 1. The van der Waals surface area contributed by atoms with Crippen molar-refractivity contribution in [3.8, 4) is 0 Å². The van der Waals surface area contributed by atoms with E-state index < -0.39 is 34.0 Å². The molecule has 6 rings (SSSR count). The summed E-state index contributed by atoms with van der Waals surface area (Å²) in [5, 5.41) is 44.8. The quantitative estimate of drug-likeness (QED) is 0.173. The van der Waals surface area contributed by atoms with Crippen LogP contribution in [0.2, 0.25) is 0 Å². The smallest absolute Gasteiger partial charge is 0.331 e. The number of rotatable bonds is 5. The maximum Gasteiger partial charge on any atom is 0.331 e. The Kier molecular flexibility index (Phi) is 7.42. The number of esters is 1. The van der Waals surface area contributed by atoms with Crippen LogP contribution < -0.4 is 16.1 Å². The van der Waals surface area contributed by atoms with Crippen LogP contribution in [-0.2, 0) is 9.53 Å². The highest BCUT2D eigenvalue weighted by Gasteiger charge is 2.71. The number of hydrogen-bond donors (Lipinski definition) is 6. The molecule has 3 amide bonds. The SMILES string of the molecule is CNC(=O)Nc1ccc(C(=O)N/N=C/[C@]23CC[C@@H](O)C[C@]2(O)CC[C@@H]2[C@@H]3CC[C@]3(C)[C@H](C4=CC(=O)OC4)CC[C@]23O)cc1. The summed E-state index contributed by atoms with van der Waals surface area (Å²) in [6, 6.07) is 6.06. The summed E-state index contributed by atoms with van der Waals surface area (Å²) in [6.45, 7) is 2.43. The molecule has 8 atom stereocenters. The van der Waals surface area contributed by atoms with E-state index in [1.54, 1.807) is 36.6 Å². The summed E-state index contributed by atoms with van der Waals surface area (Å²) in [5.41, 5.74) is 1.02. The molecule has 232 valence electrons. The van der Waals surface area contributed by atoms with Gasteiger partial charge in [-0.3, -0.25) is 4.79 Å². The zero-order valence-corrected chi connectivity index (χ0v) is 24.8. The first-order chi connectivity index (χ1) is 20.4. The molecule has 5 aliphatic rings. The maximum atomic E-state index is 13.0. The standard InChI is InChI=1S/C32H42N4O7/c1-29-11-8-24-25(32(29,42)14-10-23(29)20-15-26(38)43-17-20)9-13-31(41)16-22(37)7-12-30(24,31)18-34-36-27(39)19-3-5-21(6-4-19)35-28(40)33-2/h3-6,15,18,22-25,37,41-42H,7-14,16-17H2,1-2H3,(H,36,39)(H2,33,35,40)/b34-18+/t22-,23+,24+,25-,29-,30+,31-,32+/m1/s1. The fraction of sp³-hybridized carbons (Fsp3) is 0.625. The summed E-state index contributed by atoms with van der Waals surface area (Å²) in [5.74, 6) is -0.892. The highest BCUT2D eigenvalue weighted by atomic mass is 16.5. The molecule has 1 aromatic carbocycles. The Balaban J connectivity index is 1.26. The van der Waals surface area contributed by atoms with Crippen molar-refractivity contribution < 1.29 is 34.4 Å². The Morgan fingerprint density at radius 1 is 1.02 bits per heavy atom. The fourth-order valence-corrected chi connectivity index (χ4v) is 9.53. The highest BCUT2D eigenvalue weighted by molar-refractivity contribution is 5.95. The van der Waals surface area contributed by atoms with Gasteiger partial charge in [-0.25, -0.2) is 15.0 Å². The number of ether oxygens (including phenoxy) is 1. The first-order valence-electron chi connectivity index (χ1n) is 15.4. The zero-order valence-electron chi connectivity index (χ0n) is 24.8. The molecule has 4 fully saturated rings. The van der Waals surface area contributed by atoms with Crippen molar-refractivity contribution in [2.75, 3.05) is 19.0 Å². The van der Waals surface area contributed by atoms with Crippen LogP contribution in [0.3, 0.4) is 0 Å². The van der Waals surface area contributed by atoms with Gasteiger partial charge >= 0.3 is 12.0 Å². The third-order valence-corrected chi connectivity index (χ3v) is 11.7. The van der Waals surface area contributed by atoms with E-state index in [4.69, 9.17) is 4.74 Å². The minimum absolute atomic E-state index is 0.0562. The minimum atomic E-state index is -1.22. The number of anilines is 1. The molecule has 1 aliphatic heterocycles. The molecule has 0 bridgehead atoms. The summed E-state index contributed by atoms with van der Waals surface area (Å²) in [7, 11) is 1.51.